The lowest BCUT2D eigenvalue weighted by Crippen LogP contribution is -2.20. The first-order valence-corrected chi connectivity index (χ1v) is 6.44. The molecule has 0 saturated heterocycles. The van der Waals surface area contributed by atoms with Gasteiger partial charge in [-0.3, -0.25) is 4.68 Å². The van der Waals surface area contributed by atoms with Crippen molar-refractivity contribution in [3.05, 3.63) is 47.3 Å². The number of rotatable bonds is 5. The van der Waals surface area contributed by atoms with Crippen molar-refractivity contribution in [3.8, 4) is 5.75 Å². The molecule has 0 amide bonds. The van der Waals surface area contributed by atoms with E-state index in [0.717, 1.165) is 17.9 Å². The third-order valence-corrected chi connectivity index (χ3v) is 3.38. The molecule has 19 heavy (non-hydrogen) atoms. The fraction of sp³-hybridized carbons (Fsp3) is 0.400. The van der Waals surface area contributed by atoms with Gasteiger partial charge in [0.25, 0.3) is 0 Å². The zero-order chi connectivity index (χ0) is 13.8. The second-order valence-electron chi connectivity index (χ2n) is 4.72. The van der Waals surface area contributed by atoms with Gasteiger partial charge in [0.05, 0.1) is 12.8 Å². The molecular formula is C15H21N3O. The van der Waals surface area contributed by atoms with Gasteiger partial charge in [0.15, 0.2) is 0 Å². The lowest BCUT2D eigenvalue weighted by Gasteiger charge is -2.17. The fourth-order valence-electron chi connectivity index (χ4n) is 2.29. The van der Waals surface area contributed by atoms with Gasteiger partial charge in [-0.25, -0.2) is 0 Å². The zero-order valence-electron chi connectivity index (χ0n) is 12.0. The molecule has 1 heterocycles. The Hall–Kier alpha value is -1.81. The summed E-state index contributed by atoms with van der Waals surface area (Å²) in [5.74, 6) is 0.884. The highest BCUT2D eigenvalue weighted by atomic mass is 16.5. The number of hydrogen-bond acceptors (Lipinski definition) is 3. The van der Waals surface area contributed by atoms with Crippen LogP contribution in [0.15, 0.2) is 30.3 Å². The van der Waals surface area contributed by atoms with Crippen molar-refractivity contribution in [2.24, 2.45) is 7.05 Å². The van der Waals surface area contributed by atoms with Gasteiger partial charge in [0.2, 0.25) is 0 Å². The molecule has 0 aliphatic heterocycles. The van der Waals surface area contributed by atoms with E-state index >= 15 is 0 Å². The van der Waals surface area contributed by atoms with Crippen LogP contribution in [0.2, 0.25) is 0 Å². The Labute approximate surface area is 114 Å². The number of methoxy groups -OCH3 is 1. The van der Waals surface area contributed by atoms with Gasteiger partial charge >= 0.3 is 0 Å². The molecule has 1 atom stereocenters. The number of ether oxygens (including phenoxy) is 1. The number of hydrogen-bond donors (Lipinski definition) is 1. The Morgan fingerprint density at radius 1 is 1.32 bits per heavy atom. The minimum atomic E-state index is 0.278. The van der Waals surface area contributed by atoms with Crippen LogP contribution >= 0.6 is 0 Å². The molecule has 0 bridgehead atoms. The molecule has 0 radical (unpaired) electrons. The Morgan fingerprint density at radius 2 is 2.00 bits per heavy atom. The number of nitrogens with zero attached hydrogens (tertiary/aromatic N) is 2. The molecule has 4 nitrogen and oxygen atoms in total. The molecule has 0 spiro atoms. The predicted octanol–water partition coefficient (Wildman–Crippen LogP) is 2.24. The molecule has 1 N–H and O–H groups in total. The van der Waals surface area contributed by atoms with E-state index in [-0.39, 0.29) is 6.04 Å². The summed E-state index contributed by atoms with van der Waals surface area (Å²) in [5, 5.41) is 7.75. The Bertz CT molecular complexity index is 531. The lowest BCUT2D eigenvalue weighted by atomic mass is 10.0. The molecule has 0 aliphatic rings. The minimum Gasteiger partial charge on any atom is -0.497 e. The Kier molecular flexibility index (Phi) is 4.22. The van der Waals surface area contributed by atoms with Crippen LogP contribution in [-0.2, 0) is 13.5 Å². The van der Waals surface area contributed by atoms with Crippen molar-refractivity contribution in [2.45, 2.75) is 19.4 Å². The predicted molar refractivity (Wildman–Crippen MR) is 76.4 cm³/mol. The monoisotopic (exact) mass is 259 g/mol. The molecular weight excluding hydrogens is 238 g/mol. The van der Waals surface area contributed by atoms with E-state index < -0.39 is 0 Å². The van der Waals surface area contributed by atoms with Crippen molar-refractivity contribution in [1.29, 1.82) is 0 Å². The van der Waals surface area contributed by atoms with Crippen LogP contribution in [0.3, 0.4) is 0 Å². The number of benzene rings is 1. The number of aryl methyl sites for hydroxylation is 2. The maximum Gasteiger partial charge on any atom is 0.118 e. The summed E-state index contributed by atoms with van der Waals surface area (Å²) in [5.41, 5.74) is 3.54. The van der Waals surface area contributed by atoms with Gasteiger partial charge in [-0.1, -0.05) is 12.1 Å². The molecule has 2 aromatic rings. The van der Waals surface area contributed by atoms with E-state index in [0.29, 0.717) is 0 Å². The topological polar surface area (TPSA) is 39.1 Å². The van der Waals surface area contributed by atoms with Crippen LogP contribution in [0, 0.1) is 6.92 Å². The molecule has 0 aliphatic carbocycles. The highest BCUT2D eigenvalue weighted by Crippen LogP contribution is 2.21. The lowest BCUT2D eigenvalue weighted by molar-refractivity contribution is 0.414. The maximum atomic E-state index is 5.19. The van der Waals surface area contributed by atoms with Crippen molar-refractivity contribution >= 4 is 0 Å². The van der Waals surface area contributed by atoms with Crippen LogP contribution in [0.25, 0.3) is 0 Å². The summed E-state index contributed by atoms with van der Waals surface area (Å²) < 4.78 is 7.14. The molecule has 0 saturated carbocycles. The third kappa shape index (κ3) is 3.15. The minimum absolute atomic E-state index is 0.278. The molecule has 4 heteroatoms. The summed E-state index contributed by atoms with van der Waals surface area (Å²) in [7, 11) is 5.66. The number of aromatic nitrogens is 2. The summed E-state index contributed by atoms with van der Waals surface area (Å²) in [6.07, 6.45) is 0.917. The zero-order valence-corrected chi connectivity index (χ0v) is 12.0. The number of nitrogens with one attached hydrogen (secondary N) is 1. The van der Waals surface area contributed by atoms with Crippen LogP contribution < -0.4 is 10.1 Å². The van der Waals surface area contributed by atoms with Gasteiger partial charge < -0.3 is 10.1 Å². The van der Waals surface area contributed by atoms with Crippen molar-refractivity contribution in [3.63, 3.8) is 0 Å². The average Bonchev–Trinajstić information content (AvgIpc) is 2.74. The SMILES string of the molecule is CNC(Cc1cc(C)nn1C)c1ccc(OC)cc1. The van der Waals surface area contributed by atoms with Crippen LogP contribution in [0.5, 0.6) is 5.75 Å². The van der Waals surface area contributed by atoms with E-state index in [4.69, 9.17) is 4.74 Å². The van der Waals surface area contributed by atoms with E-state index in [1.165, 1.54) is 11.3 Å². The standard InChI is InChI=1S/C15H21N3O/c1-11-9-13(18(3)17-11)10-15(16-2)12-5-7-14(19-4)8-6-12/h5-9,15-16H,10H2,1-4H3. The second kappa shape index (κ2) is 5.89. The smallest absolute Gasteiger partial charge is 0.118 e. The van der Waals surface area contributed by atoms with Gasteiger partial charge in [0.1, 0.15) is 5.75 Å². The molecule has 1 unspecified atom stereocenters. The molecule has 2 rings (SSSR count). The highest BCUT2D eigenvalue weighted by molar-refractivity contribution is 5.30. The second-order valence-corrected chi connectivity index (χ2v) is 4.72. The van der Waals surface area contributed by atoms with Crippen LogP contribution in [-0.4, -0.2) is 23.9 Å². The van der Waals surface area contributed by atoms with Gasteiger partial charge in [-0.05, 0) is 37.7 Å². The maximum absolute atomic E-state index is 5.19. The summed E-state index contributed by atoms with van der Waals surface area (Å²) in [6, 6.07) is 10.6. The molecule has 0 fully saturated rings. The van der Waals surface area contributed by atoms with Crippen LogP contribution in [0.4, 0.5) is 0 Å². The summed E-state index contributed by atoms with van der Waals surface area (Å²) >= 11 is 0. The van der Waals surface area contributed by atoms with Crippen LogP contribution in [0.1, 0.15) is 23.0 Å². The highest BCUT2D eigenvalue weighted by Gasteiger charge is 2.13. The molecule has 1 aromatic carbocycles. The summed E-state index contributed by atoms with van der Waals surface area (Å²) in [4.78, 5) is 0. The quantitative estimate of drug-likeness (QED) is 0.895. The van der Waals surface area contributed by atoms with Gasteiger partial charge in [-0.2, -0.15) is 5.10 Å². The summed E-state index contributed by atoms with van der Waals surface area (Å²) in [6.45, 7) is 2.02. The fourth-order valence-corrected chi connectivity index (χ4v) is 2.29. The first-order valence-electron chi connectivity index (χ1n) is 6.44. The van der Waals surface area contributed by atoms with Gasteiger partial charge in [0, 0.05) is 25.2 Å². The van der Waals surface area contributed by atoms with E-state index in [1.54, 1.807) is 7.11 Å². The largest absolute Gasteiger partial charge is 0.497 e. The first-order chi connectivity index (χ1) is 9.13. The van der Waals surface area contributed by atoms with Crippen molar-refractivity contribution in [2.75, 3.05) is 14.2 Å². The normalized spacial score (nSPS) is 12.4. The molecule has 1 aromatic heterocycles. The Morgan fingerprint density at radius 3 is 2.47 bits per heavy atom. The average molecular weight is 259 g/mol. The molecule has 102 valence electrons. The first kappa shape index (κ1) is 13.6. The number of likely N-dealkylation sites (N-methyl/N-ethyl adjacent to an activating group) is 1. The van der Waals surface area contributed by atoms with E-state index in [2.05, 4.69) is 28.6 Å². The third-order valence-electron chi connectivity index (χ3n) is 3.38. The van der Waals surface area contributed by atoms with Gasteiger partial charge in [-0.15, -0.1) is 0 Å². The Balaban J connectivity index is 2.17. The van der Waals surface area contributed by atoms with E-state index in [9.17, 15) is 0 Å². The van der Waals surface area contributed by atoms with E-state index in [1.807, 2.05) is 37.8 Å². The van der Waals surface area contributed by atoms with Crippen molar-refractivity contribution in [1.82, 2.24) is 15.1 Å². The van der Waals surface area contributed by atoms with Crippen molar-refractivity contribution < 1.29 is 4.74 Å².